The first-order chi connectivity index (χ1) is 9.42. The summed E-state index contributed by atoms with van der Waals surface area (Å²) in [7, 11) is 0. The molecular weight excluding hydrogens is 238 g/mol. The van der Waals surface area contributed by atoms with Crippen LogP contribution in [0, 0.1) is 0 Å². The molecule has 5 heteroatoms. The predicted octanol–water partition coefficient (Wildman–Crippen LogP) is 0.428. The largest absolute Gasteiger partial charge is 0.354 e. The first-order valence-electron chi connectivity index (χ1n) is 7.03. The van der Waals surface area contributed by atoms with Crippen LogP contribution in [-0.4, -0.2) is 59.6 Å². The summed E-state index contributed by atoms with van der Waals surface area (Å²) in [6.45, 7) is 6.91. The lowest BCUT2D eigenvalue weighted by Crippen LogP contribution is -2.63. The van der Waals surface area contributed by atoms with Crippen molar-refractivity contribution in [1.29, 1.82) is 0 Å². The maximum Gasteiger partial charge on any atom is 0.138 e. The van der Waals surface area contributed by atoms with Crippen molar-refractivity contribution in [3.63, 3.8) is 0 Å². The van der Waals surface area contributed by atoms with Gasteiger partial charge in [0.2, 0.25) is 0 Å². The van der Waals surface area contributed by atoms with E-state index in [2.05, 4.69) is 42.7 Å². The molecule has 0 unspecified atom stereocenters. The summed E-state index contributed by atoms with van der Waals surface area (Å²) in [5, 5.41) is 3.41. The molecule has 0 saturated carbocycles. The van der Waals surface area contributed by atoms with Gasteiger partial charge in [-0.15, -0.1) is 0 Å². The molecule has 0 radical (unpaired) electrons. The molecule has 0 spiro atoms. The summed E-state index contributed by atoms with van der Waals surface area (Å²) in [6, 6.07) is 7.05. The Morgan fingerprint density at radius 1 is 1.16 bits per heavy atom. The number of piperazine rings is 1. The van der Waals surface area contributed by atoms with E-state index in [0.717, 1.165) is 37.9 Å². The van der Waals surface area contributed by atoms with Crippen LogP contribution in [0.3, 0.4) is 0 Å². The Hall–Kier alpha value is -1.59. The predicted molar refractivity (Wildman–Crippen MR) is 75.6 cm³/mol. The van der Waals surface area contributed by atoms with Gasteiger partial charge in [0.1, 0.15) is 11.5 Å². The average molecular weight is 257 g/mol. The minimum absolute atomic E-state index is 0.723. The Kier molecular flexibility index (Phi) is 2.67. The SMILES string of the molecule is c1cc(N2CC(N3CCNCC3)C2)n2ccnc2c1. The topological polar surface area (TPSA) is 35.8 Å². The number of rotatable bonds is 2. The summed E-state index contributed by atoms with van der Waals surface area (Å²) in [5.74, 6) is 1.27. The summed E-state index contributed by atoms with van der Waals surface area (Å²) in [6.07, 6.45) is 3.91. The quantitative estimate of drug-likeness (QED) is 0.846. The van der Waals surface area contributed by atoms with Crippen molar-refractivity contribution in [3.05, 3.63) is 30.6 Å². The second-order valence-electron chi connectivity index (χ2n) is 5.38. The van der Waals surface area contributed by atoms with Crippen molar-refractivity contribution in [1.82, 2.24) is 19.6 Å². The lowest BCUT2D eigenvalue weighted by molar-refractivity contribution is 0.147. The Bertz CT molecular complexity index is 566. The van der Waals surface area contributed by atoms with Crippen molar-refractivity contribution < 1.29 is 0 Å². The minimum atomic E-state index is 0.723. The number of hydrogen-bond donors (Lipinski definition) is 1. The third-order valence-corrected chi connectivity index (χ3v) is 4.26. The van der Waals surface area contributed by atoms with Crippen molar-refractivity contribution >= 4 is 11.5 Å². The molecule has 0 bridgehead atoms. The fourth-order valence-electron chi connectivity index (χ4n) is 3.11. The zero-order valence-electron chi connectivity index (χ0n) is 11.0. The number of hydrogen-bond acceptors (Lipinski definition) is 4. The standard InChI is InChI=1S/C14H19N5/c1-2-13-16-6-9-19(13)14(3-1)18-10-12(11-18)17-7-4-15-5-8-17/h1-3,6,9,12,15H,4-5,7-8,10-11H2. The summed E-state index contributed by atoms with van der Waals surface area (Å²) in [5.41, 5.74) is 1.03. The van der Waals surface area contributed by atoms with E-state index in [1.807, 2.05) is 12.4 Å². The van der Waals surface area contributed by atoms with Crippen LogP contribution in [0.25, 0.3) is 5.65 Å². The Morgan fingerprint density at radius 3 is 2.84 bits per heavy atom. The van der Waals surface area contributed by atoms with Crippen LogP contribution < -0.4 is 10.2 Å². The Labute approximate surface area is 112 Å². The van der Waals surface area contributed by atoms with Gasteiger partial charge >= 0.3 is 0 Å². The first-order valence-corrected chi connectivity index (χ1v) is 7.03. The van der Waals surface area contributed by atoms with E-state index in [1.165, 1.54) is 18.9 Å². The summed E-state index contributed by atoms with van der Waals surface area (Å²) in [4.78, 5) is 9.40. The van der Waals surface area contributed by atoms with E-state index in [1.54, 1.807) is 0 Å². The normalized spacial score (nSPS) is 21.8. The summed E-state index contributed by atoms with van der Waals surface area (Å²) >= 11 is 0. The highest BCUT2D eigenvalue weighted by Crippen LogP contribution is 2.24. The van der Waals surface area contributed by atoms with Gasteiger partial charge in [-0.25, -0.2) is 4.98 Å². The molecule has 5 nitrogen and oxygen atoms in total. The molecular formula is C14H19N5. The number of nitrogens with zero attached hydrogens (tertiary/aromatic N) is 4. The molecule has 2 aromatic heterocycles. The van der Waals surface area contributed by atoms with Crippen LogP contribution in [0.15, 0.2) is 30.6 Å². The number of imidazole rings is 1. The lowest BCUT2D eigenvalue weighted by atomic mass is 10.1. The van der Waals surface area contributed by atoms with E-state index in [4.69, 9.17) is 0 Å². The molecule has 4 rings (SSSR count). The molecule has 2 aliphatic rings. The van der Waals surface area contributed by atoms with E-state index < -0.39 is 0 Å². The van der Waals surface area contributed by atoms with Crippen LogP contribution in [0.1, 0.15) is 0 Å². The van der Waals surface area contributed by atoms with E-state index in [-0.39, 0.29) is 0 Å². The van der Waals surface area contributed by atoms with Crippen LogP contribution >= 0.6 is 0 Å². The van der Waals surface area contributed by atoms with E-state index in [0.29, 0.717) is 0 Å². The molecule has 100 valence electrons. The lowest BCUT2D eigenvalue weighted by Gasteiger charge is -2.47. The molecule has 4 heterocycles. The third kappa shape index (κ3) is 1.89. The fraction of sp³-hybridized carbons (Fsp3) is 0.500. The molecule has 2 aromatic rings. The van der Waals surface area contributed by atoms with Gasteiger partial charge in [-0.1, -0.05) is 6.07 Å². The minimum Gasteiger partial charge on any atom is -0.354 e. The first kappa shape index (κ1) is 11.3. The molecule has 0 aliphatic carbocycles. The zero-order valence-corrected chi connectivity index (χ0v) is 11.0. The molecule has 19 heavy (non-hydrogen) atoms. The van der Waals surface area contributed by atoms with Crippen molar-refractivity contribution in [2.24, 2.45) is 0 Å². The van der Waals surface area contributed by atoms with Crippen LogP contribution in [-0.2, 0) is 0 Å². The summed E-state index contributed by atoms with van der Waals surface area (Å²) < 4.78 is 2.17. The second kappa shape index (κ2) is 4.51. The Balaban J connectivity index is 1.49. The van der Waals surface area contributed by atoms with Crippen molar-refractivity contribution in [2.45, 2.75) is 6.04 Å². The molecule has 0 atom stereocenters. The van der Waals surface area contributed by atoms with Crippen LogP contribution in [0.2, 0.25) is 0 Å². The van der Waals surface area contributed by atoms with Gasteiger partial charge in [0.15, 0.2) is 0 Å². The van der Waals surface area contributed by atoms with Gasteiger partial charge in [-0.05, 0) is 12.1 Å². The van der Waals surface area contributed by atoms with Gasteiger partial charge in [-0.3, -0.25) is 9.30 Å². The number of aromatic nitrogens is 2. The number of nitrogens with one attached hydrogen (secondary N) is 1. The van der Waals surface area contributed by atoms with Gasteiger partial charge < -0.3 is 10.2 Å². The maximum absolute atomic E-state index is 4.35. The number of pyridine rings is 1. The van der Waals surface area contributed by atoms with Crippen molar-refractivity contribution in [2.75, 3.05) is 44.2 Å². The number of anilines is 1. The van der Waals surface area contributed by atoms with Gasteiger partial charge in [0, 0.05) is 57.7 Å². The number of fused-ring (bicyclic) bond motifs is 1. The van der Waals surface area contributed by atoms with Crippen molar-refractivity contribution in [3.8, 4) is 0 Å². The maximum atomic E-state index is 4.35. The smallest absolute Gasteiger partial charge is 0.138 e. The second-order valence-corrected chi connectivity index (χ2v) is 5.38. The average Bonchev–Trinajstić information content (AvgIpc) is 2.87. The Morgan fingerprint density at radius 2 is 2.00 bits per heavy atom. The third-order valence-electron chi connectivity index (χ3n) is 4.26. The molecule has 0 aromatic carbocycles. The van der Waals surface area contributed by atoms with E-state index in [9.17, 15) is 0 Å². The highest BCUT2D eigenvalue weighted by atomic mass is 15.4. The molecule has 2 saturated heterocycles. The van der Waals surface area contributed by atoms with Gasteiger partial charge in [0.05, 0.1) is 0 Å². The van der Waals surface area contributed by atoms with Crippen LogP contribution in [0.5, 0.6) is 0 Å². The zero-order chi connectivity index (χ0) is 12.7. The van der Waals surface area contributed by atoms with Gasteiger partial charge in [0.25, 0.3) is 0 Å². The molecule has 2 fully saturated rings. The molecule has 2 aliphatic heterocycles. The van der Waals surface area contributed by atoms with Crippen LogP contribution in [0.4, 0.5) is 5.82 Å². The highest BCUT2D eigenvalue weighted by molar-refractivity contribution is 5.53. The monoisotopic (exact) mass is 257 g/mol. The highest BCUT2D eigenvalue weighted by Gasteiger charge is 2.33. The molecule has 1 N–H and O–H groups in total. The molecule has 0 amide bonds. The van der Waals surface area contributed by atoms with E-state index >= 15 is 0 Å². The van der Waals surface area contributed by atoms with Gasteiger partial charge in [-0.2, -0.15) is 0 Å². The fourth-order valence-corrected chi connectivity index (χ4v) is 3.11.